The van der Waals surface area contributed by atoms with Gasteiger partial charge >= 0.3 is 0 Å². The molecule has 0 radical (unpaired) electrons. The third-order valence-corrected chi connectivity index (χ3v) is 4.74. The van der Waals surface area contributed by atoms with Crippen LogP contribution in [0.25, 0.3) is 11.3 Å². The van der Waals surface area contributed by atoms with Crippen LogP contribution < -0.4 is 0 Å². The highest BCUT2D eigenvalue weighted by Gasteiger charge is 2.11. The number of hydrogen-bond acceptors (Lipinski definition) is 3. The van der Waals surface area contributed by atoms with Gasteiger partial charge in [0, 0.05) is 31.0 Å². The number of nitrogens with one attached hydrogen (secondary N) is 1. The Morgan fingerprint density at radius 2 is 2.04 bits per heavy atom. The summed E-state index contributed by atoms with van der Waals surface area (Å²) in [4.78, 5) is 17.9. The van der Waals surface area contributed by atoms with Crippen LogP contribution in [-0.2, 0) is 6.42 Å². The van der Waals surface area contributed by atoms with Gasteiger partial charge in [0.15, 0.2) is 0 Å². The monoisotopic (exact) mass is 400 g/mol. The van der Waals surface area contributed by atoms with E-state index in [2.05, 4.69) is 15.2 Å². The zero-order valence-corrected chi connectivity index (χ0v) is 16.4. The quantitative estimate of drug-likeness (QED) is 0.438. The molecule has 1 amide bonds. The van der Waals surface area contributed by atoms with Crippen LogP contribution in [0.4, 0.5) is 4.39 Å². The van der Waals surface area contributed by atoms with Crippen LogP contribution in [0.3, 0.4) is 0 Å². The Morgan fingerprint density at radius 1 is 1.18 bits per heavy atom. The maximum Gasteiger partial charge on any atom is 0.255 e. The first-order chi connectivity index (χ1) is 13.5. The average Bonchev–Trinajstić information content (AvgIpc) is 3.16. The predicted octanol–water partition coefficient (Wildman–Crippen LogP) is 4.75. The Bertz CT molecular complexity index is 926. The molecule has 0 bridgehead atoms. The first-order valence-corrected chi connectivity index (χ1v) is 9.58. The van der Waals surface area contributed by atoms with Gasteiger partial charge in [-0.05, 0) is 49.6 Å². The van der Waals surface area contributed by atoms with Crippen molar-refractivity contribution in [2.45, 2.75) is 25.7 Å². The highest BCUT2D eigenvalue weighted by atomic mass is 35.5. The summed E-state index contributed by atoms with van der Waals surface area (Å²) >= 11 is 5.75. The number of aromatic nitrogens is 3. The number of rotatable bonds is 8. The number of carbonyl (C=O) groups excluding carboxylic acids is 1. The van der Waals surface area contributed by atoms with Gasteiger partial charge in [0.1, 0.15) is 11.0 Å². The Morgan fingerprint density at radius 3 is 2.79 bits per heavy atom. The summed E-state index contributed by atoms with van der Waals surface area (Å²) in [6, 6.07) is 11.7. The van der Waals surface area contributed by atoms with Gasteiger partial charge in [-0.2, -0.15) is 5.10 Å². The number of aryl methyl sites for hydroxylation is 1. The standard InChI is InChI=1S/C21H22ClFN4O/c1-27(21(28)16-9-10-20(22)24-14-16)11-4-2-3-8-18-13-19(26-25-18)15-6-5-7-17(23)12-15/h5-7,9-10,12-14H,2-4,8,11H2,1H3,(H,25,26). The fourth-order valence-corrected chi connectivity index (χ4v) is 3.06. The minimum atomic E-state index is -0.268. The van der Waals surface area contributed by atoms with Crippen molar-refractivity contribution in [3.8, 4) is 11.3 Å². The lowest BCUT2D eigenvalue weighted by Gasteiger charge is -2.16. The summed E-state index contributed by atoms with van der Waals surface area (Å²) in [5, 5.41) is 7.64. The molecule has 0 aliphatic heterocycles. The minimum Gasteiger partial charge on any atom is -0.342 e. The minimum absolute atomic E-state index is 0.0579. The van der Waals surface area contributed by atoms with E-state index in [1.165, 1.54) is 18.3 Å². The van der Waals surface area contributed by atoms with Crippen molar-refractivity contribution < 1.29 is 9.18 Å². The number of benzene rings is 1. The van der Waals surface area contributed by atoms with Gasteiger partial charge in [-0.3, -0.25) is 9.89 Å². The second kappa shape index (κ2) is 9.46. The van der Waals surface area contributed by atoms with Crippen LogP contribution in [0.15, 0.2) is 48.7 Å². The molecule has 2 aromatic heterocycles. The summed E-state index contributed by atoms with van der Waals surface area (Å²) < 4.78 is 13.3. The van der Waals surface area contributed by atoms with Crippen LogP contribution in [0.5, 0.6) is 0 Å². The van der Waals surface area contributed by atoms with Gasteiger partial charge in [0.25, 0.3) is 5.91 Å². The molecule has 28 heavy (non-hydrogen) atoms. The molecule has 1 N–H and O–H groups in total. The Labute approximate surface area is 168 Å². The molecule has 0 spiro atoms. The molecule has 0 fully saturated rings. The molecule has 7 heteroatoms. The molecule has 2 heterocycles. The zero-order valence-electron chi connectivity index (χ0n) is 15.7. The maximum atomic E-state index is 13.3. The van der Waals surface area contributed by atoms with E-state index in [9.17, 15) is 9.18 Å². The first-order valence-electron chi connectivity index (χ1n) is 9.20. The molecule has 3 rings (SSSR count). The van der Waals surface area contributed by atoms with E-state index < -0.39 is 0 Å². The van der Waals surface area contributed by atoms with Crippen LogP contribution in [0.2, 0.25) is 5.15 Å². The highest BCUT2D eigenvalue weighted by molar-refractivity contribution is 6.29. The second-order valence-electron chi connectivity index (χ2n) is 6.70. The summed E-state index contributed by atoms with van der Waals surface area (Å²) in [6.45, 7) is 0.680. The molecule has 3 aromatic rings. The summed E-state index contributed by atoms with van der Waals surface area (Å²) in [6.07, 6.45) is 5.24. The number of pyridine rings is 1. The summed E-state index contributed by atoms with van der Waals surface area (Å²) in [7, 11) is 1.79. The molecule has 0 aliphatic rings. The molecule has 0 unspecified atom stereocenters. The van der Waals surface area contributed by atoms with Gasteiger partial charge < -0.3 is 4.90 Å². The van der Waals surface area contributed by atoms with Crippen LogP contribution in [-0.4, -0.2) is 39.6 Å². The smallest absolute Gasteiger partial charge is 0.255 e. The van der Waals surface area contributed by atoms with Crippen LogP contribution in [0.1, 0.15) is 35.3 Å². The molecule has 1 aromatic carbocycles. The largest absolute Gasteiger partial charge is 0.342 e. The molecule has 0 atom stereocenters. The lowest BCUT2D eigenvalue weighted by molar-refractivity contribution is 0.0792. The number of halogens is 2. The predicted molar refractivity (Wildman–Crippen MR) is 108 cm³/mol. The van der Waals surface area contributed by atoms with Gasteiger partial charge in [0.05, 0.1) is 11.3 Å². The van der Waals surface area contributed by atoms with E-state index in [4.69, 9.17) is 11.6 Å². The number of carbonyl (C=O) groups is 1. The van der Waals surface area contributed by atoms with E-state index >= 15 is 0 Å². The van der Waals surface area contributed by atoms with Crippen molar-refractivity contribution in [2.75, 3.05) is 13.6 Å². The molecular formula is C21H22ClFN4O. The topological polar surface area (TPSA) is 61.9 Å². The second-order valence-corrected chi connectivity index (χ2v) is 7.08. The highest BCUT2D eigenvalue weighted by Crippen LogP contribution is 2.19. The molecular weight excluding hydrogens is 379 g/mol. The van der Waals surface area contributed by atoms with E-state index in [0.717, 1.165) is 42.6 Å². The average molecular weight is 401 g/mol. The summed E-state index contributed by atoms with van der Waals surface area (Å²) in [5.74, 6) is -0.326. The number of H-pyrrole nitrogens is 1. The number of unbranched alkanes of at least 4 members (excludes halogenated alkanes) is 2. The van der Waals surface area contributed by atoms with Gasteiger partial charge in [-0.1, -0.05) is 30.2 Å². The number of amides is 1. The molecule has 0 aliphatic carbocycles. The van der Waals surface area contributed by atoms with E-state index in [1.54, 1.807) is 30.1 Å². The van der Waals surface area contributed by atoms with Crippen molar-refractivity contribution in [1.29, 1.82) is 0 Å². The molecule has 5 nitrogen and oxygen atoms in total. The van der Waals surface area contributed by atoms with Crippen molar-refractivity contribution >= 4 is 17.5 Å². The maximum absolute atomic E-state index is 13.3. The third-order valence-electron chi connectivity index (χ3n) is 4.51. The third kappa shape index (κ3) is 5.39. The zero-order chi connectivity index (χ0) is 19.9. The van der Waals surface area contributed by atoms with Gasteiger partial charge in [-0.15, -0.1) is 0 Å². The Balaban J connectivity index is 1.40. The Hall–Kier alpha value is -2.73. The lowest BCUT2D eigenvalue weighted by Crippen LogP contribution is -2.27. The van der Waals surface area contributed by atoms with Crippen molar-refractivity contribution in [3.05, 3.63) is 70.9 Å². The van der Waals surface area contributed by atoms with Gasteiger partial charge in [0.2, 0.25) is 0 Å². The number of nitrogens with zero attached hydrogens (tertiary/aromatic N) is 3. The van der Waals surface area contributed by atoms with Crippen molar-refractivity contribution in [1.82, 2.24) is 20.1 Å². The van der Waals surface area contributed by atoms with E-state index in [0.29, 0.717) is 17.3 Å². The Kier molecular flexibility index (Phi) is 6.76. The normalized spacial score (nSPS) is 10.8. The van der Waals surface area contributed by atoms with Crippen LogP contribution >= 0.6 is 11.6 Å². The van der Waals surface area contributed by atoms with Crippen molar-refractivity contribution in [2.24, 2.45) is 0 Å². The van der Waals surface area contributed by atoms with E-state index in [1.807, 2.05) is 12.1 Å². The molecule has 0 saturated carbocycles. The fourth-order valence-electron chi connectivity index (χ4n) is 2.95. The van der Waals surface area contributed by atoms with Crippen molar-refractivity contribution in [3.63, 3.8) is 0 Å². The number of aromatic amines is 1. The van der Waals surface area contributed by atoms with E-state index in [-0.39, 0.29) is 11.7 Å². The lowest BCUT2D eigenvalue weighted by atomic mass is 10.1. The summed E-state index contributed by atoms with van der Waals surface area (Å²) in [5.41, 5.74) is 3.07. The first kappa shape index (κ1) is 20.0. The number of hydrogen-bond donors (Lipinski definition) is 1. The SMILES string of the molecule is CN(CCCCCc1cc(-c2cccc(F)c2)n[nH]1)C(=O)c1ccc(Cl)nc1. The van der Waals surface area contributed by atoms with Gasteiger partial charge in [-0.25, -0.2) is 9.37 Å². The van der Waals surface area contributed by atoms with Crippen LogP contribution in [0, 0.1) is 5.82 Å². The fraction of sp³-hybridized carbons (Fsp3) is 0.286. The molecule has 0 saturated heterocycles. The molecule has 146 valence electrons.